The number of hydrogen-bond donors (Lipinski definition) is 1. The Balaban J connectivity index is 2.06. The van der Waals surface area contributed by atoms with Crippen LogP contribution in [-0.4, -0.2) is 4.57 Å². The van der Waals surface area contributed by atoms with E-state index in [0.717, 1.165) is 18.9 Å². The average molecular weight is 220 g/mol. The molecule has 0 aromatic carbocycles. The highest BCUT2D eigenvalue weighted by molar-refractivity contribution is 5.29. The van der Waals surface area contributed by atoms with Crippen molar-refractivity contribution in [1.82, 2.24) is 4.57 Å². The van der Waals surface area contributed by atoms with Gasteiger partial charge in [0, 0.05) is 25.0 Å². The van der Waals surface area contributed by atoms with Gasteiger partial charge < -0.3 is 10.3 Å². The van der Waals surface area contributed by atoms with Gasteiger partial charge in [-0.25, -0.2) is 0 Å². The van der Waals surface area contributed by atoms with Crippen LogP contribution in [0.2, 0.25) is 0 Å². The molecule has 1 aliphatic carbocycles. The number of nitrogens with two attached hydrogens (primary N) is 1. The fourth-order valence-corrected chi connectivity index (χ4v) is 2.83. The van der Waals surface area contributed by atoms with Crippen LogP contribution in [0.25, 0.3) is 0 Å². The molecule has 2 rings (SSSR count). The van der Waals surface area contributed by atoms with Crippen molar-refractivity contribution in [2.24, 2.45) is 11.7 Å². The highest BCUT2D eigenvalue weighted by atomic mass is 14.9. The smallest absolute Gasteiger partial charge is 0.0312 e. The van der Waals surface area contributed by atoms with Crippen LogP contribution in [0, 0.1) is 5.92 Å². The Morgan fingerprint density at radius 2 is 2.31 bits per heavy atom. The van der Waals surface area contributed by atoms with Crippen molar-refractivity contribution >= 4 is 0 Å². The molecule has 0 aliphatic heterocycles. The molecule has 2 N–H and O–H groups in total. The maximum atomic E-state index is 6.14. The lowest BCUT2D eigenvalue weighted by atomic mass is 9.92. The Hall–Kier alpha value is -0.760. The monoisotopic (exact) mass is 220 g/mol. The van der Waals surface area contributed by atoms with Gasteiger partial charge in [-0.2, -0.15) is 0 Å². The third kappa shape index (κ3) is 2.49. The van der Waals surface area contributed by atoms with E-state index in [9.17, 15) is 0 Å². The minimum absolute atomic E-state index is 0.284. The fraction of sp³-hybridized carbons (Fsp3) is 0.714. The summed E-state index contributed by atoms with van der Waals surface area (Å²) in [5.41, 5.74) is 9.02. The van der Waals surface area contributed by atoms with Crippen molar-refractivity contribution < 1.29 is 0 Å². The van der Waals surface area contributed by atoms with Crippen molar-refractivity contribution in [2.45, 2.75) is 58.5 Å². The molecule has 0 bridgehead atoms. The van der Waals surface area contributed by atoms with E-state index in [4.69, 9.17) is 5.73 Å². The molecule has 2 nitrogen and oxygen atoms in total. The van der Waals surface area contributed by atoms with Crippen LogP contribution in [0.3, 0.4) is 0 Å². The minimum atomic E-state index is 0.284. The van der Waals surface area contributed by atoms with Crippen LogP contribution < -0.4 is 5.73 Å². The van der Waals surface area contributed by atoms with Gasteiger partial charge in [0.15, 0.2) is 0 Å². The second-order valence-corrected chi connectivity index (χ2v) is 5.33. The number of rotatable bonds is 4. The summed E-state index contributed by atoms with van der Waals surface area (Å²) >= 11 is 0. The third-order valence-electron chi connectivity index (χ3n) is 3.66. The predicted octanol–water partition coefficient (Wildman–Crippen LogP) is 3.26. The van der Waals surface area contributed by atoms with Gasteiger partial charge >= 0.3 is 0 Å². The summed E-state index contributed by atoms with van der Waals surface area (Å²) in [6, 6.07) is 0.284. The number of nitrogens with zero attached hydrogens (tertiary/aromatic N) is 1. The van der Waals surface area contributed by atoms with Crippen LogP contribution in [0.5, 0.6) is 0 Å². The van der Waals surface area contributed by atoms with Gasteiger partial charge in [0.05, 0.1) is 0 Å². The van der Waals surface area contributed by atoms with Crippen molar-refractivity contribution in [1.29, 1.82) is 0 Å². The van der Waals surface area contributed by atoms with E-state index in [1.54, 1.807) is 0 Å². The molecule has 0 fully saturated rings. The molecule has 0 saturated heterocycles. The normalized spacial score (nSPS) is 21.8. The van der Waals surface area contributed by atoms with Crippen molar-refractivity contribution in [3.63, 3.8) is 0 Å². The molecule has 1 aromatic rings. The van der Waals surface area contributed by atoms with E-state index in [0.29, 0.717) is 0 Å². The Kier molecular flexibility index (Phi) is 3.70. The molecule has 0 saturated carbocycles. The molecule has 1 aliphatic rings. The summed E-state index contributed by atoms with van der Waals surface area (Å²) in [7, 11) is 0. The second-order valence-electron chi connectivity index (χ2n) is 5.33. The van der Waals surface area contributed by atoms with Crippen LogP contribution >= 0.6 is 0 Å². The second kappa shape index (κ2) is 5.05. The van der Waals surface area contributed by atoms with E-state index in [1.807, 2.05) is 0 Å². The molecule has 2 heteroatoms. The first kappa shape index (κ1) is 11.7. The molecule has 1 heterocycles. The van der Waals surface area contributed by atoms with E-state index in [-0.39, 0.29) is 6.04 Å². The number of hydrogen-bond acceptors (Lipinski definition) is 1. The van der Waals surface area contributed by atoms with Gasteiger partial charge in [-0.05, 0) is 42.7 Å². The SMILES string of the molecule is CCCC(C)Cn1cc2c(c1)C(N)CCC2. The lowest BCUT2D eigenvalue weighted by Gasteiger charge is -2.17. The number of aromatic nitrogens is 1. The third-order valence-corrected chi connectivity index (χ3v) is 3.66. The molecule has 16 heavy (non-hydrogen) atoms. The van der Waals surface area contributed by atoms with Crippen LogP contribution in [0.1, 0.15) is 56.7 Å². The topological polar surface area (TPSA) is 30.9 Å². The Morgan fingerprint density at radius 3 is 3.00 bits per heavy atom. The molecule has 90 valence electrons. The zero-order valence-electron chi connectivity index (χ0n) is 10.6. The first-order valence-electron chi connectivity index (χ1n) is 6.64. The minimum Gasteiger partial charge on any atom is -0.353 e. The highest BCUT2D eigenvalue weighted by Crippen LogP contribution is 2.29. The highest BCUT2D eigenvalue weighted by Gasteiger charge is 2.18. The largest absolute Gasteiger partial charge is 0.353 e. The summed E-state index contributed by atoms with van der Waals surface area (Å²) in [4.78, 5) is 0. The summed E-state index contributed by atoms with van der Waals surface area (Å²) in [6.45, 7) is 5.74. The van der Waals surface area contributed by atoms with Gasteiger partial charge in [0.2, 0.25) is 0 Å². The molecule has 0 spiro atoms. The quantitative estimate of drug-likeness (QED) is 0.829. The van der Waals surface area contributed by atoms with E-state index in [1.165, 1.54) is 36.8 Å². The van der Waals surface area contributed by atoms with Crippen molar-refractivity contribution in [3.8, 4) is 0 Å². The van der Waals surface area contributed by atoms with Gasteiger partial charge in [-0.1, -0.05) is 20.3 Å². The molecule has 1 aromatic heterocycles. The van der Waals surface area contributed by atoms with E-state index < -0.39 is 0 Å². The van der Waals surface area contributed by atoms with Gasteiger partial charge in [0.1, 0.15) is 0 Å². The van der Waals surface area contributed by atoms with Crippen LogP contribution in [0.15, 0.2) is 12.4 Å². The van der Waals surface area contributed by atoms with Crippen LogP contribution in [0.4, 0.5) is 0 Å². The molecule has 0 amide bonds. The molecule has 0 radical (unpaired) electrons. The number of fused-ring (bicyclic) bond motifs is 1. The number of aryl methyl sites for hydroxylation is 1. The predicted molar refractivity (Wildman–Crippen MR) is 68.4 cm³/mol. The van der Waals surface area contributed by atoms with Crippen molar-refractivity contribution in [3.05, 3.63) is 23.5 Å². The average Bonchev–Trinajstić information content (AvgIpc) is 2.62. The van der Waals surface area contributed by atoms with E-state index >= 15 is 0 Å². The van der Waals surface area contributed by atoms with Gasteiger partial charge in [0.25, 0.3) is 0 Å². The Labute approximate surface area is 98.8 Å². The first-order chi connectivity index (χ1) is 7.70. The summed E-state index contributed by atoms with van der Waals surface area (Å²) in [6.07, 6.45) is 10.8. The Bertz CT molecular complexity index is 341. The Morgan fingerprint density at radius 1 is 1.50 bits per heavy atom. The molecular formula is C14H24N2. The molecule has 2 unspecified atom stereocenters. The summed E-state index contributed by atoms with van der Waals surface area (Å²) in [5, 5.41) is 0. The maximum Gasteiger partial charge on any atom is 0.0312 e. The molecular weight excluding hydrogens is 196 g/mol. The zero-order valence-corrected chi connectivity index (χ0v) is 10.6. The van der Waals surface area contributed by atoms with E-state index in [2.05, 4.69) is 30.8 Å². The van der Waals surface area contributed by atoms with Gasteiger partial charge in [-0.3, -0.25) is 0 Å². The summed E-state index contributed by atoms with van der Waals surface area (Å²) < 4.78 is 2.36. The lowest BCUT2D eigenvalue weighted by Crippen LogP contribution is -2.15. The maximum absolute atomic E-state index is 6.14. The lowest BCUT2D eigenvalue weighted by molar-refractivity contribution is 0.446. The van der Waals surface area contributed by atoms with Crippen molar-refractivity contribution in [2.75, 3.05) is 0 Å². The summed E-state index contributed by atoms with van der Waals surface area (Å²) in [5.74, 6) is 0.773. The fourth-order valence-electron chi connectivity index (χ4n) is 2.83. The first-order valence-corrected chi connectivity index (χ1v) is 6.64. The van der Waals surface area contributed by atoms with Gasteiger partial charge in [-0.15, -0.1) is 0 Å². The molecule has 2 atom stereocenters. The standard InChI is InChI=1S/C14H24N2/c1-3-5-11(2)8-16-9-12-6-4-7-14(15)13(12)10-16/h9-11,14H,3-8,15H2,1-2H3. The van der Waals surface area contributed by atoms with Crippen LogP contribution in [-0.2, 0) is 13.0 Å². The zero-order chi connectivity index (χ0) is 11.5.